The van der Waals surface area contributed by atoms with E-state index in [1.165, 1.54) is 16.0 Å². The van der Waals surface area contributed by atoms with Crippen molar-refractivity contribution < 1.29 is 14.0 Å². The highest BCUT2D eigenvalue weighted by Crippen LogP contribution is 2.28. The molecule has 8 nitrogen and oxygen atoms in total. The van der Waals surface area contributed by atoms with Crippen LogP contribution >= 0.6 is 11.3 Å². The van der Waals surface area contributed by atoms with Gasteiger partial charge in [-0.3, -0.25) is 9.59 Å². The van der Waals surface area contributed by atoms with E-state index in [0.29, 0.717) is 17.3 Å². The monoisotopic (exact) mass is 421 g/mol. The molecule has 0 saturated heterocycles. The maximum absolute atomic E-state index is 12.6. The molecule has 1 unspecified atom stereocenters. The second-order valence-electron chi connectivity index (χ2n) is 7.26. The largest absolute Gasteiger partial charge is 0.463 e. The smallest absolute Gasteiger partial charge is 0.257 e. The number of carbonyl (C=O) groups excluding carboxylic acids is 2. The van der Waals surface area contributed by atoms with E-state index in [4.69, 9.17) is 4.42 Å². The zero-order valence-corrected chi connectivity index (χ0v) is 16.9. The van der Waals surface area contributed by atoms with Gasteiger partial charge in [0.1, 0.15) is 11.5 Å². The van der Waals surface area contributed by atoms with E-state index in [0.717, 1.165) is 36.3 Å². The van der Waals surface area contributed by atoms with E-state index in [1.807, 2.05) is 17.5 Å². The number of rotatable bonds is 4. The first-order valence-corrected chi connectivity index (χ1v) is 10.7. The van der Waals surface area contributed by atoms with Crippen LogP contribution < -0.4 is 5.32 Å². The standard InChI is InChI=1S/C21H19N5O3S/c27-19(11-13-5-4-10-30-13)23-18-12-16(17-8-3-9-29-17)25-26(18)21-22-15-7-2-1-6-14(15)20(28)24-21/h3-5,8-10,12,14H,1-2,6-7,11H2,(H,23,27). The second-order valence-corrected chi connectivity index (χ2v) is 8.29. The van der Waals surface area contributed by atoms with Crippen LogP contribution in [0.2, 0.25) is 0 Å². The molecule has 152 valence electrons. The molecule has 1 fully saturated rings. The molecule has 0 spiro atoms. The number of furan rings is 1. The van der Waals surface area contributed by atoms with Gasteiger partial charge in [0.05, 0.1) is 18.6 Å². The molecule has 1 saturated carbocycles. The van der Waals surface area contributed by atoms with Crippen molar-refractivity contribution in [3.63, 3.8) is 0 Å². The Morgan fingerprint density at radius 2 is 2.20 bits per heavy atom. The van der Waals surface area contributed by atoms with Crippen molar-refractivity contribution in [2.24, 2.45) is 15.9 Å². The first-order chi connectivity index (χ1) is 14.7. The summed E-state index contributed by atoms with van der Waals surface area (Å²) in [6.45, 7) is 0. The Kier molecular flexibility index (Phi) is 4.88. The lowest BCUT2D eigenvalue weighted by molar-refractivity contribution is -0.120. The van der Waals surface area contributed by atoms with Crippen molar-refractivity contribution in [3.8, 4) is 11.5 Å². The molecule has 2 aliphatic rings. The van der Waals surface area contributed by atoms with Crippen LogP contribution in [0.1, 0.15) is 30.6 Å². The molecular formula is C21H19N5O3S. The third-order valence-electron chi connectivity index (χ3n) is 5.18. The Balaban J connectivity index is 1.49. The molecule has 1 atom stereocenters. The molecule has 3 aromatic rings. The first kappa shape index (κ1) is 18.7. The number of aromatic nitrogens is 2. The molecule has 5 rings (SSSR count). The molecule has 9 heteroatoms. The van der Waals surface area contributed by atoms with Crippen LogP contribution in [0.4, 0.5) is 5.82 Å². The Morgan fingerprint density at radius 3 is 3.00 bits per heavy atom. The normalized spacial score (nSPS) is 18.5. The van der Waals surface area contributed by atoms with E-state index in [2.05, 4.69) is 20.4 Å². The Bertz CT molecular complexity index is 1140. The molecule has 30 heavy (non-hydrogen) atoms. The lowest BCUT2D eigenvalue weighted by atomic mass is 9.86. The van der Waals surface area contributed by atoms with Crippen molar-refractivity contribution in [2.75, 3.05) is 5.32 Å². The number of fused-ring (bicyclic) bond motifs is 1. The van der Waals surface area contributed by atoms with Crippen molar-refractivity contribution in [2.45, 2.75) is 32.1 Å². The third kappa shape index (κ3) is 3.63. The zero-order valence-electron chi connectivity index (χ0n) is 16.1. The molecule has 0 aromatic carbocycles. The predicted molar refractivity (Wildman–Crippen MR) is 114 cm³/mol. The summed E-state index contributed by atoms with van der Waals surface area (Å²) in [6, 6.07) is 9.06. The summed E-state index contributed by atoms with van der Waals surface area (Å²) in [5, 5.41) is 9.33. The van der Waals surface area contributed by atoms with Crippen LogP contribution in [0, 0.1) is 5.92 Å². The van der Waals surface area contributed by atoms with Crippen molar-refractivity contribution >= 4 is 40.6 Å². The number of aliphatic imine (C=N–C) groups is 2. The minimum Gasteiger partial charge on any atom is -0.463 e. The Morgan fingerprint density at radius 1 is 1.27 bits per heavy atom. The number of thiophene rings is 1. The van der Waals surface area contributed by atoms with Gasteiger partial charge in [-0.05, 0) is 42.8 Å². The van der Waals surface area contributed by atoms with Gasteiger partial charge >= 0.3 is 0 Å². The van der Waals surface area contributed by atoms with E-state index in [1.54, 1.807) is 24.5 Å². The van der Waals surface area contributed by atoms with Crippen molar-refractivity contribution in [1.29, 1.82) is 0 Å². The van der Waals surface area contributed by atoms with Gasteiger partial charge in [-0.25, -0.2) is 4.99 Å². The minimum absolute atomic E-state index is 0.178. The molecule has 1 aliphatic heterocycles. The molecule has 2 amide bonds. The summed E-state index contributed by atoms with van der Waals surface area (Å²) in [5.74, 6) is 0.523. The molecule has 1 aliphatic carbocycles. The van der Waals surface area contributed by atoms with Gasteiger partial charge in [0.25, 0.3) is 11.9 Å². The highest BCUT2D eigenvalue weighted by atomic mass is 32.1. The number of hydrogen-bond acceptors (Lipinski definition) is 6. The number of nitrogens with zero attached hydrogens (tertiary/aromatic N) is 4. The maximum atomic E-state index is 12.6. The van der Waals surface area contributed by atoms with E-state index < -0.39 is 0 Å². The average Bonchev–Trinajstić information content (AvgIpc) is 3.50. The average molecular weight is 421 g/mol. The summed E-state index contributed by atoms with van der Waals surface area (Å²) in [7, 11) is 0. The Hall–Kier alpha value is -3.33. The van der Waals surface area contributed by atoms with Crippen LogP contribution in [0.15, 0.2) is 56.4 Å². The lowest BCUT2D eigenvalue weighted by Crippen LogP contribution is -2.33. The van der Waals surface area contributed by atoms with Gasteiger partial charge in [-0.2, -0.15) is 14.8 Å². The van der Waals surface area contributed by atoms with E-state index in [9.17, 15) is 9.59 Å². The number of amides is 2. The summed E-state index contributed by atoms with van der Waals surface area (Å²) >= 11 is 1.52. The summed E-state index contributed by atoms with van der Waals surface area (Å²) < 4.78 is 6.86. The Labute approximate surface area is 176 Å². The fourth-order valence-corrected chi connectivity index (χ4v) is 4.45. The van der Waals surface area contributed by atoms with Crippen molar-refractivity contribution in [1.82, 2.24) is 9.78 Å². The van der Waals surface area contributed by atoms with Crippen LogP contribution in [0.25, 0.3) is 11.5 Å². The first-order valence-electron chi connectivity index (χ1n) is 9.84. The molecule has 0 radical (unpaired) electrons. The molecular weight excluding hydrogens is 402 g/mol. The quantitative estimate of drug-likeness (QED) is 0.693. The minimum atomic E-state index is -0.223. The zero-order chi connectivity index (χ0) is 20.5. The summed E-state index contributed by atoms with van der Waals surface area (Å²) in [6.07, 6.45) is 5.39. The fraction of sp³-hybridized carbons (Fsp3) is 0.286. The van der Waals surface area contributed by atoms with Gasteiger partial charge in [0, 0.05) is 16.7 Å². The molecule has 0 bridgehead atoms. The number of hydrogen-bond donors (Lipinski definition) is 1. The van der Waals surface area contributed by atoms with Crippen LogP contribution in [0.3, 0.4) is 0 Å². The van der Waals surface area contributed by atoms with E-state index >= 15 is 0 Å². The third-order valence-corrected chi connectivity index (χ3v) is 6.06. The second kappa shape index (κ2) is 7.83. The van der Waals surface area contributed by atoms with Crippen molar-refractivity contribution in [3.05, 3.63) is 46.9 Å². The predicted octanol–water partition coefficient (Wildman–Crippen LogP) is 3.76. The highest BCUT2D eigenvalue weighted by molar-refractivity contribution is 7.10. The van der Waals surface area contributed by atoms with Crippen LogP contribution in [-0.4, -0.2) is 33.3 Å². The number of nitrogens with one attached hydrogen (secondary N) is 1. The topological polar surface area (TPSA) is 102 Å². The van der Waals surface area contributed by atoms with Gasteiger partial charge in [-0.15, -0.1) is 11.3 Å². The van der Waals surface area contributed by atoms with Gasteiger partial charge in [-0.1, -0.05) is 12.5 Å². The number of anilines is 1. The SMILES string of the molecule is O=C(Cc1cccs1)Nc1cc(-c2ccco2)nn1C1=NC(=O)C2CCCCC2=N1. The van der Waals surface area contributed by atoms with Crippen LogP contribution in [0.5, 0.6) is 0 Å². The maximum Gasteiger partial charge on any atom is 0.257 e. The van der Waals surface area contributed by atoms with Gasteiger partial charge in [0.15, 0.2) is 5.76 Å². The number of carbonyl (C=O) groups is 2. The molecule has 1 N–H and O–H groups in total. The molecule has 3 aromatic heterocycles. The van der Waals surface area contributed by atoms with E-state index in [-0.39, 0.29) is 30.1 Å². The van der Waals surface area contributed by atoms with Crippen LogP contribution in [-0.2, 0) is 16.0 Å². The molecule has 4 heterocycles. The lowest BCUT2D eigenvalue weighted by Gasteiger charge is -2.24. The van der Waals surface area contributed by atoms with Gasteiger partial charge < -0.3 is 9.73 Å². The summed E-state index contributed by atoms with van der Waals surface area (Å²) in [5.41, 5.74) is 1.37. The van der Waals surface area contributed by atoms with Gasteiger partial charge in [0.2, 0.25) is 5.91 Å². The fourth-order valence-electron chi connectivity index (χ4n) is 3.75. The summed E-state index contributed by atoms with van der Waals surface area (Å²) in [4.78, 5) is 34.9. The highest BCUT2D eigenvalue weighted by Gasteiger charge is 2.32.